The van der Waals surface area contributed by atoms with Crippen LogP contribution in [0.5, 0.6) is 5.75 Å². The second-order valence-electron chi connectivity index (χ2n) is 8.86. The second kappa shape index (κ2) is 11.6. The fourth-order valence-electron chi connectivity index (χ4n) is 4.00. The normalized spacial score (nSPS) is 24.6. The highest BCUT2D eigenvalue weighted by molar-refractivity contribution is 7.52. The number of aliphatic hydroxyl groups excluding tert-OH is 1. The van der Waals surface area contributed by atoms with Gasteiger partial charge >= 0.3 is 19.7 Å². The molecule has 15 nitrogen and oxygen atoms in total. The van der Waals surface area contributed by atoms with Crippen LogP contribution in [0, 0.1) is 11.3 Å². The molecule has 212 valence electrons. The Morgan fingerprint density at radius 1 is 1.32 bits per heavy atom. The van der Waals surface area contributed by atoms with Gasteiger partial charge in [0.15, 0.2) is 11.9 Å². The van der Waals surface area contributed by atoms with Crippen molar-refractivity contribution in [2.45, 2.75) is 50.2 Å². The number of aliphatic carboxylic acids is 1. The molecule has 1 fully saturated rings. The number of carboxylic acid groups (broad SMARTS) is 1. The summed E-state index contributed by atoms with van der Waals surface area (Å²) >= 11 is 0. The number of esters is 1. The Labute approximate surface area is 228 Å². The molecule has 3 aromatic rings. The molecular formula is C24H27N6O9P. The van der Waals surface area contributed by atoms with E-state index in [1.54, 1.807) is 37.3 Å². The molecule has 6 atom stereocenters. The standard InChI is InChI=1S/C24H27N6O9P/c1-3-18(31)37-20-19(16-9-10-17-22(26)27-13-28-30(16)17)38-24(11-25,21(20)32)12-36-40(35,29-14(2)23(33)34)39-15-7-5-4-6-8-15/h4-10,13-14,19-21,32H,3,12H2,1-2H3,(H,29,35)(H,33,34)(H2,26,27,28)/t14-,19-,20-,21-,24+,40-/m0/s1. The van der Waals surface area contributed by atoms with Crippen LogP contribution >= 0.6 is 7.75 Å². The summed E-state index contributed by atoms with van der Waals surface area (Å²) in [7, 11) is -4.49. The summed E-state index contributed by atoms with van der Waals surface area (Å²) in [6.07, 6.45) is -3.30. The van der Waals surface area contributed by atoms with Crippen molar-refractivity contribution in [2.75, 3.05) is 12.3 Å². The van der Waals surface area contributed by atoms with E-state index in [9.17, 15) is 29.6 Å². The first kappa shape index (κ1) is 28.9. The number of carboxylic acids is 1. The highest BCUT2D eigenvalue weighted by atomic mass is 31.2. The Morgan fingerprint density at radius 3 is 2.70 bits per heavy atom. The van der Waals surface area contributed by atoms with Crippen molar-refractivity contribution < 1.29 is 42.9 Å². The van der Waals surface area contributed by atoms with E-state index in [2.05, 4.69) is 15.2 Å². The van der Waals surface area contributed by atoms with E-state index in [-0.39, 0.29) is 23.7 Å². The van der Waals surface area contributed by atoms with Crippen LogP contribution in [-0.2, 0) is 28.2 Å². The molecule has 0 aliphatic carbocycles. The number of hydrogen-bond donors (Lipinski definition) is 4. The van der Waals surface area contributed by atoms with Gasteiger partial charge < -0.3 is 29.9 Å². The largest absolute Gasteiger partial charge is 0.480 e. The number of nitriles is 1. The van der Waals surface area contributed by atoms with Gasteiger partial charge in [0.25, 0.3) is 0 Å². The highest BCUT2D eigenvalue weighted by Crippen LogP contribution is 2.49. The number of para-hydroxylation sites is 1. The zero-order valence-corrected chi connectivity index (χ0v) is 22.3. The average Bonchev–Trinajstić information content (AvgIpc) is 3.48. The van der Waals surface area contributed by atoms with Crippen molar-refractivity contribution in [1.29, 1.82) is 5.26 Å². The summed E-state index contributed by atoms with van der Waals surface area (Å²) in [4.78, 5) is 27.6. The molecule has 16 heteroatoms. The van der Waals surface area contributed by atoms with Gasteiger partial charge in [0, 0.05) is 6.42 Å². The molecule has 2 aromatic heterocycles. The summed E-state index contributed by atoms with van der Waals surface area (Å²) in [6, 6.07) is 11.4. The first-order chi connectivity index (χ1) is 19.0. The average molecular weight is 574 g/mol. The van der Waals surface area contributed by atoms with Crippen LogP contribution in [0.2, 0.25) is 0 Å². The molecule has 3 heterocycles. The van der Waals surface area contributed by atoms with Crippen molar-refractivity contribution in [3.63, 3.8) is 0 Å². The molecule has 0 unspecified atom stereocenters. The van der Waals surface area contributed by atoms with Crippen LogP contribution in [-0.4, -0.2) is 67.2 Å². The summed E-state index contributed by atoms with van der Waals surface area (Å²) in [6.45, 7) is 1.90. The number of rotatable bonds is 11. The molecule has 0 bridgehead atoms. The van der Waals surface area contributed by atoms with Gasteiger partial charge in [-0.25, -0.2) is 14.1 Å². The Balaban J connectivity index is 1.68. The van der Waals surface area contributed by atoms with E-state index in [0.717, 1.165) is 0 Å². The number of fused-ring (bicyclic) bond motifs is 1. The lowest BCUT2D eigenvalue weighted by Crippen LogP contribution is -2.47. The first-order valence-electron chi connectivity index (χ1n) is 12.1. The number of anilines is 1. The van der Waals surface area contributed by atoms with Gasteiger partial charge in [0.05, 0.1) is 5.69 Å². The summed E-state index contributed by atoms with van der Waals surface area (Å²) in [5.41, 5.74) is 4.35. The Kier molecular flexibility index (Phi) is 8.38. The van der Waals surface area contributed by atoms with Crippen LogP contribution in [0.15, 0.2) is 48.8 Å². The molecule has 0 saturated carbocycles. The maximum Gasteiger partial charge on any atom is 0.459 e. The van der Waals surface area contributed by atoms with Gasteiger partial charge in [-0.15, -0.1) is 0 Å². The lowest BCUT2D eigenvalue weighted by atomic mass is 9.96. The monoisotopic (exact) mass is 574 g/mol. The van der Waals surface area contributed by atoms with Crippen molar-refractivity contribution in [3.8, 4) is 11.8 Å². The minimum Gasteiger partial charge on any atom is -0.480 e. The Morgan fingerprint density at radius 2 is 2.05 bits per heavy atom. The quantitative estimate of drug-likeness (QED) is 0.189. The molecule has 5 N–H and O–H groups in total. The predicted octanol–water partition coefficient (Wildman–Crippen LogP) is 1.59. The number of hydrogen-bond acceptors (Lipinski definition) is 12. The number of nitrogens with two attached hydrogens (primary N) is 1. The maximum atomic E-state index is 13.7. The van der Waals surface area contributed by atoms with Crippen LogP contribution in [0.4, 0.5) is 5.82 Å². The number of nitrogen functional groups attached to an aromatic ring is 1. The van der Waals surface area contributed by atoms with Crippen molar-refractivity contribution in [2.24, 2.45) is 0 Å². The van der Waals surface area contributed by atoms with Crippen LogP contribution in [0.3, 0.4) is 0 Å². The van der Waals surface area contributed by atoms with E-state index >= 15 is 0 Å². The molecular weight excluding hydrogens is 547 g/mol. The molecule has 4 rings (SSSR count). The van der Waals surface area contributed by atoms with Crippen LogP contribution < -0.4 is 15.3 Å². The third-order valence-electron chi connectivity index (χ3n) is 6.11. The third kappa shape index (κ3) is 5.76. The third-order valence-corrected chi connectivity index (χ3v) is 7.74. The van der Waals surface area contributed by atoms with Crippen LogP contribution in [0.1, 0.15) is 32.1 Å². The molecule has 0 radical (unpaired) electrons. The minimum absolute atomic E-state index is 0.0346. The van der Waals surface area contributed by atoms with Gasteiger partial charge in [-0.1, -0.05) is 25.1 Å². The maximum absolute atomic E-state index is 13.7. The molecule has 1 aliphatic heterocycles. The molecule has 0 spiro atoms. The number of nitrogens with one attached hydrogen (secondary N) is 1. The molecule has 0 amide bonds. The van der Waals surface area contributed by atoms with Gasteiger partial charge in [-0.05, 0) is 31.2 Å². The topological polar surface area (TPSA) is 221 Å². The van der Waals surface area contributed by atoms with Gasteiger partial charge in [-0.2, -0.15) is 15.4 Å². The second-order valence-corrected chi connectivity index (χ2v) is 10.6. The zero-order valence-electron chi connectivity index (χ0n) is 21.4. The number of nitrogens with zero attached hydrogens (tertiary/aromatic N) is 4. The lowest BCUT2D eigenvalue weighted by Gasteiger charge is -2.28. The number of carbonyl (C=O) groups is 2. The zero-order chi connectivity index (χ0) is 29.1. The first-order valence-corrected chi connectivity index (χ1v) is 13.6. The summed E-state index contributed by atoms with van der Waals surface area (Å²) in [5, 5.41) is 37.2. The fraction of sp³-hybridized carbons (Fsp3) is 0.375. The number of benzene rings is 1. The van der Waals surface area contributed by atoms with Crippen molar-refractivity contribution in [3.05, 3.63) is 54.5 Å². The number of carbonyl (C=O) groups excluding carboxylic acids is 1. The lowest BCUT2D eigenvalue weighted by molar-refractivity contribution is -0.155. The van der Waals surface area contributed by atoms with Gasteiger partial charge in [-0.3, -0.25) is 14.1 Å². The van der Waals surface area contributed by atoms with Crippen molar-refractivity contribution >= 4 is 31.0 Å². The predicted molar refractivity (Wildman–Crippen MR) is 137 cm³/mol. The smallest absolute Gasteiger partial charge is 0.459 e. The van der Waals surface area contributed by atoms with Gasteiger partial charge in [0.1, 0.15) is 48.5 Å². The van der Waals surface area contributed by atoms with E-state index in [1.165, 1.54) is 29.9 Å². The summed E-state index contributed by atoms with van der Waals surface area (Å²) < 4.78 is 37.5. The molecule has 40 heavy (non-hydrogen) atoms. The SMILES string of the molecule is CCC(=O)O[C@H]1[C@H](c2ccc3c(N)ncnn23)O[C@](C#N)(CO[P@@](=O)(N[C@@H](C)C(=O)O)Oc2ccccc2)[C@H]1O. The van der Waals surface area contributed by atoms with E-state index < -0.39 is 56.2 Å². The minimum atomic E-state index is -4.49. The van der Waals surface area contributed by atoms with E-state index in [1.807, 2.05) is 6.07 Å². The van der Waals surface area contributed by atoms with Crippen molar-refractivity contribution in [1.82, 2.24) is 19.7 Å². The Hall–Kier alpha value is -4.06. The fourth-order valence-corrected chi connectivity index (χ4v) is 5.53. The molecule has 1 saturated heterocycles. The molecule has 1 aliphatic rings. The molecule has 1 aromatic carbocycles. The van der Waals surface area contributed by atoms with E-state index in [0.29, 0.717) is 5.52 Å². The number of aromatic nitrogens is 3. The number of aliphatic hydroxyl groups is 1. The van der Waals surface area contributed by atoms with Gasteiger partial charge in [0.2, 0.25) is 5.60 Å². The number of ether oxygens (including phenoxy) is 2. The summed E-state index contributed by atoms with van der Waals surface area (Å²) in [5.74, 6) is -1.80. The highest BCUT2D eigenvalue weighted by Gasteiger charge is 2.59. The van der Waals surface area contributed by atoms with Crippen LogP contribution in [0.25, 0.3) is 5.52 Å². The van der Waals surface area contributed by atoms with E-state index in [4.69, 9.17) is 24.3 Å². The Bertz CT molecular complexity index is 1480.